The van der Waals surface area contributed by atoms with E-state index in [1.54, 1.807) is 24.3 Å². The second-order valence-electron chi connectivity index (χ2n) is 5.23. The van der Waals surface area contributed by atoms with Gasteiger partial charge in [-0.1, -0.05) is 11.6 Å². The number of benzene rings is 2. The second-order valence-corrected chi connectivity index (χ2v) is 5.66. The summed E-state index contributed by atoms with van der Waals surface area (Å²) in [6.07, 6.45) is -4.94. The van der Waals surface area contributed by atoms with Crippen molar-refractivity contribution >= 4 is 34.3 Å². The van der Waals surface area contributed by atoms with Crippen molar-refractivity contribution in [2.75, 3.05) is 11.4 Å². The van der Waals surface area contributed by atoms with E-state index in [0.29, 0.717) is 26.9 Å². The summed E-state index contributed by atoms with van der Waals surface area (Å²) in [4.78, 5) is 16.5. The number of nitrogens with zero attached hydrogens (tertiary/aromatic N) is 2. The lowest BCUT2D eigenvalue weighted by Gasteiger charge is -2.21. The minimum Gasteiger partial charge on any atom is -0.436 e. The number of hydrogen-bond donors (Lipinski definition) is 0. The third kappa shape index (κ3) is 3.46. The molecule has 0 fully saturated rings. The fraction of sp³-hybridized carbons (Fsp3) is 0.176. The molecule has 2 aromatic carbocycles. The molecule has 25 heavy (non-hydrogen) atoms. The standard InChI is InChI=1S/C17H12ClF3N2O2/c1-2-23(16(24)17(19,20)21)12-7-8-13-14(9-12)25-15(22-13)10-3-5-11(18)6-4-10/h3-9H,2H2,1H3. The molecule has 0 aliphatic rings. The van der Waals surface area contributed by atoms with Crippen molar-refractivity contribution in [2.24, 2.45) is 0 Å². The van der Waals surface area contributed by atoms with Crippen LogP contribution in [0.4, 0.5) is 18.9 Å². The maximum Gasteiger partial charge on any atom is 0.471 e. The molecule has 0 bridgehead atoms. The fourth-order valence-electron chi connectivity index (χ4n) is 2.39. The van der Waals surface area contributed by atoms with Crippen LogP contribution >= 0.6 is 11.6 Å². The van der Waals surface area contributed by atoms with Crippen molar-refractivity contribution in [3.8, 4) is 11.5 Å². The molecule has 8 heteroatoms. The molecule has 0 saturated heterocycles. The van der Waals surface area contributed by atoms with E-state index in [1.165, 1.54) is 25.1 Å². The quantitative estimate of drug-likeness (QED) is 0.649. The number of anilines is 1. The Bertz CT molecular complexity index is 920. The summed E-state index contributed by atoms with van der Waals surface area (Å²) in [5.74, 6) is -1.61. The summed E-state index contributed by atoms with van der Waals surface area (Å²) in [7, 11) is 0. The van der Waals surface area contributed by atoms with Crippen LogP contribution in [0.25, 0.3) is 22.6 Å². The Balaban J connectivity index is 2.00. The molecule has 1 heterocycles. The lowest BCUT2D eigenvalue weighted by molar-refractivity contribution is -0.170. The third-order valence-corrected chi connectivity index (χ3v) is 3.83. The molecule has 130 valence electrons. The Morgan fingerprint density at radius 2 is 1.88 bits per heavy atom. The van der Waals surface area contributed by atoms with E-state index in [-0.39, 0.29) is 17.8 Å². The lowest BCUT2D eigenvalue weighted by Crippen LogP contribution is -2.41. The summed E-state index contributed by atoms with van der Waals surface area (Å²) in [6, 6.07) is 11.1. The number of carbonyl (C=O) groups excluding carboxylic acids is 1. The van der Waals surface area contributed by atoms with E-state index >= 15 is 0 Å². The van der Waals surface area contributed by atoms with Gasteiger partial charge in [0.25, 0.3) is 0 Å². The Labute approximate surface area is 145 Å². The molecule has 1 aromatic heterocycles. The summed E-state index contributed by atoms with van der Waals surface area (Å²) < 4.78 is 43.7. The van der Waals surface area contributed by atoms with Gasteiger partial charge in [-0.25, -0.2) is 4.98 Å². The minimum atomic E-state index is -4.94. The summed E-state index contributed by atoms with van der Waals surface area (Å²) in [5, 5.41) is 0.561. The molecule has 0 N–H and O–H groups in total. The SMILES string of the molecule is CCN(C(=O)C(F)(F)F)c1ccc2nc(-c3ccc(Cl)cc3)oc2c1. The molecule has 0 radical (unpaired) electrons. The number of carbonyl (C=O) groups is 1. The molecule has 3 rings (SSSR count). The van der Waals surface area contributed by atoms with Crippen molar-refractivity contribution < 1.29 is 22.4 Å². The van der Waals surface area contributed by atoms with E-state index in [1.807, 2.05) is 0 Å². The number of oxazole rings is 1. The molecule has 4 nitrogen and oxygen atoms in total. The Kier molecular flexibility index (Phi) is 4.43. The number of amides is 1. The van der Waals surface area contributed by atoms with Crippen molar-refractivity contribution in [3.63, 3.8) is 0 Å². The third-order valence-electron chi connectivity index (χ3n) is 3.58. The van der Waals surface area contributed by atoms with E-state index in [2.05, 4.69) is 4.98 Å². The first-order chi connectivity index (χ1) is 11.8. The van der Waals surface area contributed by atoms with E-state index in [4.69, 9.17) is 16.0 Å². The maximum atomic E-state index is 12.7. The molecule has 1 amide bonds. The van der Waals surface area contributed by atoms with Crippen molar-refractivity contribution in [3.05, 3.63) is 47.5 Å². The highest BCUT2D eigenvalue weighted by Gasteiger charge is 2.42. The Morgan fingerprint density at radius 1 is 1.20 bits per heavy atom. The summed E-state index contributed by atoms with van der Waals surface area (Å²) in [5.41, 5.74) is 1.54. The van der Waals surface area contributed by atoms with Gasteiger partial charge in [0, 0.05) is 28.9 Å². The predicted octanol–water partition coefficient (Wildman–Crippen LogP) is 5.06. The van der Waals surface area contributed by atoms with Crippen LogP contribution in [0.2, 0.25) is 5.02 Å². The Hall–Kier alpha value is -2.54. The van der Waals surface area contributed by atoms with Crippen LogP contribution in [-0.4, -0.2) is 23.6 Å². The van der Waals surface area contributed by atoms with Gasteiger partial charge >= 0.3 is 12.1 Å². The summed E-state index contributed by atoms with van der Waals surface area (Å²) >= 11 is 5.84. The van der Waals surface area contributed by atoms with Crippen LogP contribution in [0.3, 0.4) is 0 Å². The number of rotatable bonds is 3. The zero-order valence-electron chi connectivity index (χ0n) is 13.0. The molecule has 0 aliphatic heterocycles. The molecule has 0 atom stereocenters. The van der Waals surface area contributed by atoms with Gasteiger partial charge < -0.3 is 9.32 Å². The number of hydrogen-bond acceptors (Lipinski definition) is 3. The number of fused-ring (bicyclic) bond motifs is 1. The van der Waals surface area contributed by atoms with Gasteiger partial charge in [0.15, 0.2) is 5.58 Å². The first-order valence-corrected chi connectivity index (χ1v) is 7.72. The monoisotopic (exact) mass is 368 g/mol. The predicted molar refractivity (Wildman–Crippen MR) is 88.5 cm³/mol. The van der Waals surface area contributed by atoms with Crippen molar-refractivity contribution in [2.45, 2.75) is 13.1 Å². The second kappa shape index (κ2) is 6.40. The van der Waals surface area contributed by atoms with Gasteiger partial charge in [-0.15, -0.1) is 0 Å². The minimum absolute atomic E-state index is 0.0936. The van der Waals surface area contributed by atoms with Crippen LogP contribution in [0.1, 0.15) is 6.92 Å². The zero-order chi connectivity index (χ0) is 18.2. The Morgan fingerprint density at radius 3 is 2.48 bits per heavy atom. The highest BCUT2D eigenvalue weighted by molar-refractivity contribution is 6.30. The smallest absolute Gasteiger partial charge is 0.436 e. The molecular formula is C17H12ClF3N2O2. The van der Waals surface area contributed by atoms with Gasteiger partial charge in [-0.05, 0) is 43.3 Å². The average molecular weight is 369 g/mol. The maximum absolute atomic E-state index is 12.7. The normalized spacial score (nSPS) is 11.7. The van der Waals surface area contributed by atoms with Gasteiger partial charge in [0.1, 0.15) is 5.52 Å². The van der Waals surface area contributed by atoms with Gasteiger partial charge in [-0.3, -0.25) is 4.79 Å². The van der Waals surface area contributed by atoms with Crippen LogP contribution in [-0.2, 0) is 4.79 Å². The van der Waals surface area contributed by atoms with E-state index < -0.39 is 12.1 Å². The fourth-order valence-corrected chi connectivity index (χ4v) is 2.52. The first-order valence-electron chi connectivity index (χ1n) is 7.35. The number of halogens is 4. The first kappa shape index (κ1) is 17.3. The molecular weight excluding hydrogens is 357 g/mol. The molecule has 0 aliphatic carbocycles. The zero-order valence-corrected chi connectivity index (χ0v) is 13.7. The van der Waals surface area contributed by atoms with Crippen LogP contribution in [0.5, 0.6) is 0 Å². The largest absolute Gasteiger partial charge is 0.471 e. The summed E-state index contributed by atoms with van der Waals surface area (Å²) in [6.45, 7) is 1.34. The average Bonchev–Trinajstić information content (AvgIpc) is 2.98. The van der Waals surface area contributed by atoms with E-state index in [9.17, 15) is 18.0 Å². The van der Waals surface area contributed by atoms with Crippen LogP contribution in [0, 0.1) is 0 Å². The van der Waals surface area contributed by atoms with Crippen molar-refractivity contribution in [1.29, 1.82) is 0 Å². The van der Waals surface area contributed by atoms with E-state index in [0.717, 1.165) is 0 Å². The van der Waals surface area contributed by atoms with Gasteiger partial charge in [-0.2, -0.15) is 13.2 Å². The van der Waals surface area contributed by atoms with Crippen LogP contribution < -0.4 is 4.90 Å². The highest BCUT2D eigenvalue weighted by atomic mass is 35.5. The molecule has 0 unspecified atom stereocenters. The molecule has 0 saturated carbocycles. The molecule has 3 aromatic rings. The molecule has 0 spiro atoms. The van der Waals surface area contributed by atoms with Gasteiger partial charge in [0.05, 0.1) is 0 Å². The lowest BCUT2D eigenvalue weighted by atomic mass is 10.2. The van der Waals surface area contributed by atoms with Gasteiger partial charge in [0.2, 0.25) is 5.89 Å². The van der Waals surface area contributed by atoms with Crippen molar-refractivity contribution in [1.82, 2.24) is 4.98 Å². The number of aromatic nitrogens is 1. The number of alkyl halides is 3. The highest BCUT2D eigenvalue weighted by Crippen LogP contribution is 2.30. The topological polar surface area (TPSA) is 46.3 Å². The van der Waals surface area contributed by atoms with Crippen LogP contribution in [0.15, 0.2) is 46.9 Å².